The van der Waals surface area contributed by atoms with Gasteiger partial charge in [-0.2, -0.15) is 0 Å². The van der Waals surface area contributed by atoms with Gasteiger partial charge in [-0.1, -0.05) is 41.4 Å². The van der Waals surface area contributed by atoms with Crippen LogP contribution in [0.4, 0.5) is 5.69 Å². The molecule has 0 aliphatic carbocycles. The Bertz CT molecular complexity index is 1150. The first-order valence-corrected chi connectivity index (χ1v) is 9.97. The Hall–Kier alpha value is -2.73. The zero-order valence-corrected chi connectivity index (χ0v) is 16.7. The summed E-state index contributed by atoms with van der Waals surface area (Å²) in [5.41, 5.74) is 3.52. The molecule has 0 aliphatic rings. The number of hydrogen-bond donors (Lipinski definition) is 1. The van der Waals surface area contributed by atoms with E-state index in [1.807, 2.05) is 47.8 Å². The predicted molar refractivity (Wildman–Crippen MR) is 115 cm³/mol. The van der Waals surface area contributed by atoms with Crippen molar-refractivity contribution in [3.63, 3.8) is 0 Å². The Morgan fingerprint density at radius 3 is 2.68 bits per heavy atom. The van der Waals surface area contributed by atoms with Crippen molar-refractivity contribution < 1.29 is 4.79 Å². The monoisotopic (exact) mass is 425 g/mol. The first-order valence-electron chi connectivity index (χ1n) is 8.34. The Morgan fingerprint density at radius 1 is 0.964 bits per heavy atom. The third-order valence-electron chi connectivity index (χ3n) is 3.98. The van der Waals surface area contributed by atoms with Gasteiger partial charge in [0.05, 0.1) is 22.0 Å². The second-order valence-electron chi connectivity index (χ2n) is 5.91. The molecule has 1 amide bonds. The fraction of sp³-hybridized carbons (Fsp3) is 0. The van der Waals surface area contributed by atoms with Crippen LogP contribution in [0.5, 0.6) is 0 Å². The number of thiazole rings is 1. The number of anilines is 1. The highest BCUT2D eigenvalue weighted by Crippen LogP contribution is 2.29. The molecule has 0 unspecified atom stereocenters. The summed E-state index contributed by atoms with van der Waals surface area (Å²) in [6.07, 6.45) is 1.74. The topological polar surface area (TPSA) is 54.9 Å². The molecule has 4 aromatic rings. The molecule has 0 saturated carbocycles. The van der Waals surface area contributed by atoms with Crippen LogP contribution in [-0.2, 0) is 0 Å². The number of pyridine rings is 1. The number of nitrogens with zero attached hydrogens (tertiary/aromatic N) is 2. The van der Waals surface area contributed by atoms with Crippen LogP contribution in [0, 0.1) is 0 Å². The molecule has 4 nitrogen and oxygen atoms in total. The second kappa shape index (κ2) is 8.10. The molecule has 0 saturated heterocycles. The van der Waals surface area contributed by atoms with Gasteiger partial charge >= 0.3 is 0 Å². The summed E-state index contributed by atoms with van der Waals surface area (Å²) in [7, 11) is 0. The lowest BCUT2D eigenvalue weighted by Gasteiger charge is -2.08. The summed E-state index contributed by atoms with van der Waals surface area (Å²) >= 11 is 13.6. The van der Waals surface area contributed by atoms with Crippen molar-refractivity contribution in [3.05, 3.63) is 87.8 Å². The lowest BCUT2D eigenvalue weighted by molar-refractivity contribution is 0.102. The van der Waals surface area contributed by atoms with E-state index in [9.17, 15) is 4.79 Å². The molecule has 28 heavy (non-hydrogen) atoms. The fourth-order valence-corrected chi connectivity index (χ4v) is 3.82. The van der Waals surface area contributed by atoms with E-state index in [2.05, 4.69) is 15.3 Å². The molecule has 138 valence electrons. The van der Waals surface area contributed by atoms with Crippen LogP contribution in [0.3, 0.4) is 0 Å². The number of amides is 1. The van der Waals surface area contributed by atoms with E-state index in [1.54, 1.807) is 24.4 Å². The van der Waals surface area contributed by atoms with Crippen LogP contribution in [-0.4, -0.2) is 15.9 Å². The Morgan fingerprint density at radius 2 is 1.86 bits per heavy atom. The zero-order chi connectivity index (χ0) is 19.5. The summed E-state index contributed by atoms with van der Waals surface area (Å²) in [5.74, 6) is -0.322. The van der Waals surface area contributed by atoms with Gasteiger partial charge in [0.1, 0.15) is 5.01 Å². The minimum absolute atomic E-state index is 0.322. The molecule has 0 bridgehead atoms. The first kappa shape index (κ1) is 18.6. The molecule has 7 heteroatoms. The molecule has 2 aromatic heterocycles. The molecule has 0 aliphatic heterocycles. The average Bonchev–Trinajstić information content (AvgIpc) is 3.21. The average molecular weight is 426 g/mol. The summed E-state index contributed by atoms with van der Waals surface area (Å²) in [6.45, 7) is 0. The van der Waals surface area contributed by atoms with Gasteiger partial charge in [-0.05, 0) is 42.5 Å². The van der Waals surface area contributed by atoms with Crippen molar-refractivity contribution >= 4 is 46.1 Å². The number of nitrogens with one attached hydrogen (secondary N) is 1. The van der Waals surface area contributed by atoms with Gasteiger partial charge in [0.15, 0.2) is 0 Å². The smallest absolute Gasteiger partial charge is 0.257 e. The van der Waals surface area contributed by atoms with Gasteiger partial charge in [0.2, 0.25) is 0 Å². The number of carbonyl (C=O) groups excluding carboxylic acids is 1. The van der Waals surface area contributed by atoms with Gasteiger partial charge in [0.25, 0.3) is 5.91 Å². The van der Waals surface area contributed by atoms with E-state index in [1.165, 1.54) is 11.3 Å². The van der Waals surface area contributed by atoms with Crippen LogP contribution >= 0.6 is 34.5 Å². The number of rotatable bonds is 4. The SMILES string of the molecule is O=C(Nc1cccc(-c2csc(-c3ccccn3)n2)c1)c1cc(Cl)ccc1Cl. The highest BCUT2D eigenvalue weighted by molar-refractivity contribution is 7.13. The number of hydrogen-bond acceptors (Lipinski definition) is 4. The van der Waals surface area contributed by atoms with Gasteiger partial charge < -0.3 is 5.32 Å². The van der Waals surface area contributed by atoms with Crippen LogP contribution in [0.15, 0.2) is 72.2 Å². The van der Waals surface area contributed by atoms with E-state index in [4.69, 9.17) is 23.2 Å². The number of aromatic nitrogens is 2. The van der Waals surface area contributed by atoms with E-state index in [-0.39, 0.29) is 5.91 Å². The minimum atomic E-state index is -0.322. The molecule has 2 heterocycles. The van der Waals surface area contributed by atoms with Crippen molar-refractivity contribution in [2.45, 2.75) is 0 Å². The third-order valence-corrected chi connectivity index (χ3v) is 5.41. The molecular weight excluding hydrogens is 413 g/mol. The minimum Gasteiger partial charge on any atom is -0.322 e. The first-order chi connectivity index (χ1) is 13.6. The van der Waals surface area contributed by atoms with Crippen molar-refractivity contribution in [1.29, 1.82) is 0 Å². The summed E-state index contributed by atoms with van der Waals surface area (Å²) in [5, 5.41) is 6.47. The van der Waals surface area contributed by atoms with Crippen molar-refractivity contribution in [1.82, 2.24) is 9.97 Å². The van der Waals surface area contributed by atoms with E-state index >= 15 is 0 Å². The van der Waals surface area contributed by atoms with Crippen LogP contribution in [0.1, 0.15) is 10.4 Å². The zero-order valence-electron chi connectivity index (χ0n) is 14.4. The van der Waals surface area contributed by atoms with Gasteiger partial charge in [-0.25, -0.2) is 4.98 Å². The normalized spacial score (nSPS) is 10.6. The standard InChI is InChI=1S/C21H13Cl2N3OS/c22-14-7-8-17(23)16(11-14)20(27)25-15-5-3-4-13(10-15)19-12-28-21(26-19)18-6-1-2-9-24-18/h1-12H,(H,25,27). The summed E-state index contributed by atoms with van der Waals surface area (Å²) < 4.78 is 0. The molecule has 0 spiro atoms. The molecule has 1 N–H and O–H groups in total. The third kappa shape index (κ3) is 4.07. The lowest BCUT2D eigenvalue weighted by atomic mass is 10.1. The predicted octanol–water partition coefficient (Wildman–Crippen LogP) is 6.43. The van der Waals surface area contributed by atoms with Crippen molar-refractivity contribution in [2.24, 2.45) is 0 Å². The highest BCUT2D eigenvalue weighted by Gasteiger charge is 2.13. The molecular formula is C21H13Cl2N3OS. The van der Waals surface area contributed by atoms with E-state index < -0.39 is 0 Å². The maximum Gasteiger partial charge on any atom is 0.257 e. The Labute approximate surface area is 175 Å². The quantitative estimate of drug-likeness (QED) is 0.409. The molecule has 0 atom stereocenters. The van der Waals surface area contributed by atoms with Gasteiger partial charge in [0, 0.05) is 27.9 Å². The fourth-order valence-electron chi connectivity index (χ4n) is 2.64. The molecule has 4 rings (SSSR count). The molecule has 0 radical (unpaired) electrons. The second-order valence-corrected chi connectivity index (χ2v) is 7.61. The summed E-state index contributed by atoms with van der Waals surface area (Å²) in [4.78, 5) is 21.5. The van der Waals surface area contributed by atoms with Crippen molar-refractivity contribution in [2.75, 3.05) is 5.32 Å². The maximum atomic E-state index is 12.5. The lowest BCUT2D eigenvalue weighted by Crippen LogP contribution is -2.12. The van der Waals surface area contributed by atoms with Crippen LogP contribution < -0.4 is 5.32 Å². The Balaban J connectivity index is 1.58. The van der Waals surface area contributed by atoms with Crippen LogP contribution in [0.2, 0.25) is 10.0 Å². The van der Waals surface area contributed by atoms with Gasteiger partial charge in [-0.15, -0.1) is 11.3 Å². The van der Waals surface area contributed by atoms with E-state index in [0.29, 0.717) is 21.3 Å². The maximum absolute atomic E-state index is 12.5. The van der Waals surface area contributed by atoms with Gasteiger partial charge in [-0.3, -0.25) is 9.78 Å². The number of carbonyl (C=O) groups is 1. The summed E-state index contributed by atoms with van der Waals surface area (Å²) in [6, 6.07) is 18.0. The molecule has 2 aromatic carbocycles. The number of halogens is 2. The van der Waals surface area contributed by atoms with Crippen molar-refractivity contribution in [3.8, 4) is 22.0 Å². The highest BCUT2D eigenvalue weighted by atomic mass is 35.5. The number of benzene rings is 2. The van der Waals surface area contributed by atoms with E-state index in [0.717, 1.165) is 22.0 Å². The Kier molecular flexibility index (Phi) is 5.39. The van der Waals surface area contributed by atoms with Crippen LogP contribution in [0.25, 0.3) is 22.0 Å². The molecule has 0 fully saturated rings. The largest absolute Gasteiger partial charge is 0.322 e.